The van der Waals surface area contributed by atoms with Gasteiger partial charge in [0.05, 0.1) is 40.3 Å². The van der Waals surface area contributed by atoms with Crippen molar-refractivity contribution in [3.63, 3.8) is 0 Å². The first-order valence-corrected chi connectivity index (χ1v) is 14.6. The molecule has 11 nitrogen and oxygen atoms in total. The van der Waals surface area contributed by atoms with Crippen LogP contribution in [0, 0.1) is 0 Å². The largest absolute Gasteiger partial charge is 0.418 e. The molecule has 14 heteroatoms. The Kier molecular flexibility index (Phi) is 8.04. The first kappa shape index (κ1) is 29.9. The van der Waals surface area contributed by atoms with Gasteiger partial charge in [-0.15, -0.1) is 0 Å². The molecular formula is C31H28F3N7O4. The lowest BCUT2D eigenvalue weighted by atomic mass is 10.0. The van der Waals surface area contributed by atoms with Crippen molar-refractivity contribution in [3.8, 4) is 11.3 Å². The van der Waals surface area contributed by atoms with Crippen molar-refractivity contribution in [2.75, 3.05) is 11.9 Å². The Balaban J connectivity index is 0.962. The monoisotopic (exact) mass is 619 g/mol. The summed E-state index contributed by atoms with van der Waals surface area (Å²) in [6.07, 6.45) is 3.92. The first-order chi connectivity index (χ1) is 21.6. The average Bonchev–Trinajstić information content (AvgIpc) is 3.58. The predicted molar refractivity (Wildman–Crippen MR) is 156 cm³/mol. The molecule has 232 valence electrons. The highest BCUT2D eigenvalue weighted by molar-refractivity contribution is 6.23. The van der Waals surface area contributed by atoms with Gasteiger partial charge in [0.2, 0.25) is 11.8 Å². The summed E-state index contributed by atoms with van der Waals surface area (Å²) in [6, 6.07) is 7.70. The number of carbonyl (C=O) groups excluding carboxylic acids is 4. The summed E-state index contributed by atoms with van der Waals surface area (Å²) in [5, 5.41) is 9.78. The van der Waals surface area contributed by atoms with Crippen LogP contribution in [0.2, 0.25) is 0 Å². The van der Waals surface area contributed by atoms with Gasteiger partial charge in [-0.3, -0.25) is 39.1 Å². The van der Waals surface area contributed by atoms with Crippen molar-refractivity contribution in [1.82, 2.24) is 30.0 Å². The van der Waals surface area contributed by atoms with Gasteiger partial charge in [-0.2, -0.15) is 18.3 Å². The third-order valence-corrected chi connectivity index (χ3v) is 7.89. The van der Waals surface area contributed by atoms with Crippen molar-refractivity contribution in [3.05, 3.63) is 71.7 Å². The molecule has 4 amide bonds. The van der Waals surface area contributed by atoms with Crippen LogP contribution in [0.5, 0.6) is 0 Å². The highest BCUT2D eigenvalue weighted by Crippen LogP contribution is 2.34. The van der Waals surface area contributed by atoms with E-state index < -0.39 is 41.4 Å². The van der Waals surface area contributed by atoms with E-state index in [4.69, 9.17) is 0 Å². The normalized spacial score (nSPS) is 16.8. The number of aryl methyl sites for hydroxylation is 1. The molecule has 0 radical (unpaired) electrons. The van der Waals surface area contributed by atoms with Crippen LogP contribution in [0.3, 0.4) is 0 Å². The second-order valence-corrected chi connectivity index (χ2v) is 11.0. The zero-order chi connectivity index (χ0) is 31.7. The SMILES string of the molecule is O=C1CCC(N2C(=O)c3ccc(NCCCCCCn4cc(-c5cnc6cccc(C(F)(F)F)c6n5)cn4)cc3C2=O)C(=O)N1. The van der Waals surface area contributed by atoms with E-state index in [2.05, 4.69) is 25.7 Å². The standard InChI is InChI=1S/C31H28F3N7O4/c32-31(33,34)22-6-5-7-23-27(22)38-24(16-36-23)18-15-37-40(17-18)13-4-2-1-3-12-35-19-8-9-20-21(14-19)30(45)41(29(20)44)25-10-11-26(42)39-28(25)43/h5-9,14-17,25,35H,1-4,10-13H2,(H,39,42,43). The van der Waals surface area contributed by atoms with Gasteiger partial charge >= 0.3 is 6.18 Å². The summed E-state index contributed by atoms with van der Waals surface area (Å²) in [7, 11) is 0. The zero-order valence-electron chi connectivity index (χ0n) is 23.9. The maximum Gasteiger partial charge on any atom is 0.418 e. The number of hydrogen-bond donors (Lipinski definition) is 2. The van der Waals surface area contributed by atoms with Crippen LogP contribution in [-0.2, 0) is 22.3 Å². The van der Waals surface area contributed by atoms with Gasteiger partial charge in [-0.25, -0.2) is 4.98 Å². The van der Waals surface area contributed by atoms with E-state index in [0.717, 1.165) is 36.6 Å². The van der Waals surface area contributed by atoms with Gasteiger partial charge in [0, 0.05) is 37.0 Å². The van der Waals surface area contributed by atoms with Crippen LogP contribution in [0.25, 0.3) is 22.3 Å². The van der Waals surface area contributed by atoms with E-state index >= 15 is 0 Å². The van der Waals surface area contributed by atoms with E-state index in [9.17, 15) is 32.3 Å². The molecule has 45 heavy (non-hydrogen) atoms. The van der Waals surface area contributed by atoms with E-state index in [1.54, 1.807) is 35.3 Å². The number of alkyl halides is 3. The van der Waals surface area contributed by atoms with E-state index in [0.29, 0.717) is 30.0 Å². The second kappa shape index (κ2) is 12.1. The molecule has 0 spiro atoms. The van der Waals surface area contributed by atoms with Crippen LogP contribution in [0.4, 0.5) is 18.9 Å². The number of unbranched alkanes of at least 4 members (excludes halogenated alkanes) is 3. The van der Waals surface area contributed by atoms with Gasteiger partial charge in [0.1, 0.15) is 11.6 Å². The second-order valence-electron chi connectivity index (χ2n) is 11.0. The number of nitrogens with one attached hydrogen (secondary N) is 2. The summed E-state index contributed by atoms with van der Waals surface area (Å²) in [4.78, 5) is 58.9. The van der Waals surface area contributed by atoms with Crippen LogP contribution in [-0.4, -0.2) is 60.9 Å². The number of imide groups is 2. The Hall–Kier alpha value is -5.14. The molecule has 0 bridgehead atoms. The lowest BCUT2D eigenvalue weighted by Gasteiger charge is -2.27. The highest BCUT2D eigenvalue weighted by atomic mass is 19.4. The number of nitrogens with zero attached hydrogens (tertiary/aromatic N) is 5. The number of piperidine rings is 1. The molecule has 6 rings (SSSR count). The maximum atomic E-state index is 13.4. The van der Waals surface area contributed by atoms with Crippen molar-refractivity contribution >= 4 is 40.3 Å². The smallest absolute Gasteiger partial charge is 0.385 e. The third-order valence-electron chi connectivity index (χ3n) is 7.89. The molecule has 1 saturated heterocycles. The van der Waals surface area contributed by atoms with Crippen molar-refractivity contribution in [1.29, 1.82) is 0 Å². The molecule has 1 atom stereocenters. The van der Waals surface area contributed by atoms with Crippen molar-refractivity contribution < 1.29 is 32.3 Å². The summed E-state index contributed by atoms with van der Waals surface area (Å²) >= 11 is 0. The molecule has 2 aromatic carbocycles. The number of para-hydroxylation sites is 1. The fourth-order valence-electron chi connectivity index (χ4n) is 5.59. The van der Waals surface area contributed by atoms with E-state index in [1.807, 2.05) is 0 Å². The van der Waals surface area contributed by atoms with Gasteiger partial charge < -0.3 is 5.32 Å². The van der Waals surface area contributed by atoms with Gasteiger partial charge in [-0.1, -0.05) is 18.9 Å². The molecule has 2 aromatic heterocycles. The quantitative estimate of drug-likeness (QED) is 0.194. The minimum absolute atomic E-state index is 0.0646. The first-order valence-electron chi connectivity index (χ1n) is 14.6. The number of halogens is 3. The van der Waals surface area contributed by atoms with Gasteiger partial charge in [0.25, 0.3) is 11.8 Å². The number of rotatable bonds is 10. The molecule has 2 N–H and O–H groups in total. The topological polar surface area (TPSA) is 139 Å². The predicted octanol–water partition coefficient (Wildman–Crippen LogP) is 4.59. The van der Waals surface area contributed by atoms with Crippen LogP contribution in [0.15, 0.2) is 55.0 Å². The van der Waals surface area contributed by atoms with Crippen LogP contribution >= 0.6 is 0 Å². The maximum absolute atomic E-state index is 13.4. The molecule has 4 aromatic rings. The molecule has 2 aliphatic heterocycles. The molecule has 2 aliphatic rings. The number of fused-ring (bicyclic) bond motifs is 2. The summed E-state index contributed by atoms with van der Waals surface area (Å²) in [6.45, 7) is 1.27. The summed E-state index contributed by atoms with van der Waals surface area (Å²) < 4.78 is 42.0. The average molecular weight is 620 g/mol. The molecule has 4 heterocycles. The van der Waals surface area contributed by atoms with E-state index in [-0.39, 0.29) is 35.0 Å². The molecular weight excluding hydrogens is 591 g/mol. The number of benzene rings is 2. The molecule has 1 unspecified atom stereocenters. The van der Waals surface area contributed by atoms with Crippen molar-refractivity contribution in [2.45, 2.75) is 57.3 Å². The third kappa shape index (κ3) is 6.12. The Bertz CT molecular complexity index is 1820. The zero-order valence-corrected chi connectivity index (χ0v) is 23.9. The van der Waals surface area contributed by atoms with Crippen LogP contribution in [0.1, 0.15) is 64.8 Å². The van der Waals surface area contributed by atoms with E-state index in [1.165, 1.54) is 18.3 Å². The highest BCUT2D eigenvalue weighted by Gasteiger charge is 2.44. The fourth-order valence-corrected chi connectivity index (χ4v) is 5.59. The minimum Gasteiger partial charge on any atom is -0.385 e. The van der Waals surface area contributed by atoms with Gasteiger partial charge in [0.15, 0.2) is 0 Å². The number of anilines is 1. The Morgan fingerprint density at radius 2 is 1.76 bits per heavy atom. The fraction of sp³-hybridized carbons (Fsp3) is 0.323. The Labute approximate surface area is 254 Å². The summed E-state index contributed by atoms with van der Waals surface area (Å²) in [5.41, 5.74) is 1.19. The number of carbonyl (C=O) groups is 4. The Morgan fingerprint density at radius 1 is 0.956 bits per heavy atom. The molecule has 1 fully saturated rings. The lowest BCUT2D eigenvalue weighted by molar-refractivity contribution is -0.137. The summed E-state index contributed by atoms with van der Waals surface area (Å²) in [5.74, 6) is -2.15. The van der Waals surface area contributed by atoms with Crippen molar-refractivity contribution in [2.24, 2.45) is 0 Å². The number of hydrogen-bond acceptors (Lipinski definition) is 8. The Morgan fingerprint density at radius 3 is 2.56 bits per heavy atom. The molecule has 0 aliphatic carbocycles. The number of aromatic nitrogens is 4. The van der Waals surface area contributed by atoms with Crippen LogP contribution < -0.4 is 10.6 Å². The number of amides is 4. The molecule has 0 saturated carbocycles. The minimum atomic E-state index is -4.53. The van der Waals surface area contributed by atoms with Gasteiger partial charge in [-0.05, 0) is 49.6 Å². The lowest BCUT2D eigenvalue weighted by Crippen LogP contribution is -2.54.